The minimum absolute atomic E-state index is 0.00512. The second kappa shape index (κ2) is 8.47. The molecule has 2 rings (SSSR count). The SMILES string of the molecule is CCCN(C)C(=O)C1CCN(S(=O)(=O)c2cccc(OC(F)(F)F)c2)CC1. The van der Waals surface area contributed by atoms with Crippen LogP contribution in [0.2, 0.25) is 0 Å². The highest BCUT2D eigenvalue weighted by molar-refractivity contribution is 7.89. The lowest BCUT2D eigenvalue weighted by molar-refractivity contribution is -0.274. The molecule has 0 unspecified atom stereocenters. The molecule has 1 aliphatic heterocycles. The first-order valence-electron chi connectivity index (χ1n) is 8.65. The zero-order valence-electron chi connectivity index (χ0n) is 15.2. The van der Waals surface area contributed by atoms with Crippen molar-refractivity contribution in [3.8, 4) is 5.75 Å². The van der Waals surface area contributed by atoms with Gasteiger partial charge in [0.2, 0.25) is 15.9 Å². The molecule has 0 spiro atoms. The van der Waals surface area contributed by atoms with Gasteiger partial charge in [0.15, 0.2) is 0 Å². The highest BCUT2D eigenvalue weighted by Crippen LogP contribution is 2.29. The summed E-state index contributed by atoms with van der Waals surface area (Å²) in [5.74, 6) is -0.836. The van der Waals surface area contributed by atoms with Gasteiger partial charge in [-0.25, -0.2) is 8.42 Å². The summed E-state index contributed by atoms with van der Waals surface area (Å²) in [6.45, 7) is 2.89. The lowest BCUT2D eigenvalue weighted by Gasteiger charge is -2.32. The van der Waals surface area contributed by atoms with E-state index in [9.17, 15) is 26.4 Å². The summed E-state index contributed by atoms with van der Waals surface area (Å²) in [7, 11) is -2.24. The van der Waals surface area contributed by atoms with E-state index in [4.69, 9.17) is 0 Å². The summed E-state index contributed by atoms with van der Waals surface area (Å²) in [6, 6.07) is 4.32. The van der Waals surface area contributed by atoms with Gasteiger partial charge < -0.3 is 9.64 Å². The summed E-state index contributed by atoms with van der Waals surface area (Å²) in [6.07, 6.45) is -3.30. The van der Waals surface area contributed by atoms with Crippen LogP contribution < -0.4 is 4.74 Å². The highest BCUT2D eigenvalue weighted by Gasteiger charge is 2.34. The fourth-order valence-electron chi connectivity index (χ4n) is 3.08. The Morgan fingerprint density at radius 1 is 1.30 bits per heavy atom. The number of ether oxygens (including phenoxy) is 1. The van der Waals surface area contributed by atoms with Crippen molar-refractivity contribution >= 4 is 15.9 Å². The minimum Gasteiger partial charge on any atom is -0.406 e. The fraction of sp³-hybridized carbons (Fsp3) is 0.588. The number of sulfonamides is 1. The smallest absolute Gasteiger partial charge is 0.406 e. The molecule has 1 heterocycles. The number of carbonyl (C=O) groups excluding carboxylic acids is 1. The monoisotopic (exact) mass is 408 g/mol. The van der Waals surface area contributed by atoms with Crippen molar-refractivity contribution in [1.29, 1.82) is 0 Å². The molecule has 152 valence electrons. The van der Waals surface area contributed by atoms with Gasteiger partial charge in [0.1, 0.15) is 5.75 Å². The Bertz CT molecular complexity index is 760. The van der Waals surface area contributed by atoms with E-state index < -0.39 is 22.1 Å². The third-order valence-corrected chi connectivity index (χ3v) is 6.31. The van der Waals surface area contributed by atoms with Crippen LogP contribution in [0.1, 0.15) is 26.2 Å². The molecule has 1 aromatic rings. The van der Waals surface area contributed by atoms with Crippen molar-refractivity contribution in [2.24, 2.45) is 5.92 Å². The number of hydrogen-bond donors (Lipinski definition) is 0. The van der Waals surface area contributed by atoms with Crippen molar-refractivity contribution < 1.29 is 31.1 Å². The molecule has 1 aliphatic rings. The Kier molecular flexibility index (Phi) is 6.74. The first kappa shape index (κ1) is 21.5. The molecule has 27 heavy (non-hydrogen) atoms. The molecule has 0 bridgehead atoms. The zero-order valence-corrected chi connectivity index (χ0v) is 16.0. The Balaban J connectivity index is 2.07. The molecule has 10 heteroatoms. The molecule has 0 saturated carbocycles. The summed E-state index contributed by atoms with van der Waals surface area (Å²) < 4.78 is 67.4. The largest absolute Gasteiger partial charge is 0.573 e. The summed E-state index contributed by atoms with van der Waals surface area (Å²) in [4.78, 5) is 13.7. The van der Waals surface area contributed by atoms with E-state index in [0.717, 1.165) is 18.6 Å². The van der Waals surface area contributed by atoms with Crippen molar-refractivity contribution in [2.75, 3.05) is 26.7 Å². The molecule has 1 amide bonds. The number of benzene rings is 1. The van der Waals surface area contributed by atoms with Gasteiger partial charge in [-0.3, -0.25) is 4.79 Å². The van der Waals surface area contributed by atoms with E-state index in [1.54, 1.807) is 11.9 Å². The van der Waals surface area contributed by atoms with E-state index in [0.29, 0.717) is 19.4 Å². The Labute approximate surface area is 156 Å². The van der Waals surface area contributed by atoms with Crippen LogP contribution in [-0.4, -0.2) is 56.6 Å². The van der Waals surface area contributed by atoms with E-state index in [1.165, 1.54) is 16.4 Å². The average Bonchev–Trinajstić information content (AvgIpc) is 2.60. The Morgan fingerprint density at radius 3 is 2.48 bits per heavy atom. The lowest BCUT2D eigenvalue weighted by atomic mass is 9.96. The van der Waals surface area contributed by atoms with Crippen LogP contribution in [0.15, 0.2) is 29.2 Å². The summed E-state index contributed by atoms with van der Waals surface area (Å²) >= 11 is 0. The number of rotatable bonds is 6. The minimum atomic E-state index is -4.90. The number of amides is 1. The van der Waals surface area contributed by atoms with Crippen LogP contribution in [0.25, 0.3) is 0 Å². The first-order chi connectivity index (χ1) is 12.5. The standard InChI is InChI=1S/C17H23F3N2O4S/c1-3-9-21(2)16(23)13-7-10-22(11-8-13)27(24,25)15-6-4-5-14(12-15)26-17(18,19)20/h4-6,12-13H,3,7-11H2,1-2H3. The van der Waals surface area contributed by atoms with Gasteiger partial charge in [0.05, 0.1) is 4.90 Å². The molecule has 1 aromatic carbocycles. The van der Waals surface area contributed by atoms with Crippen LogP contribution in [0.5, 0.6) is 5.75 Å². The molecule has 6 nitrogen and oxygen atoms in total. The third-order valence-electron chi connectivity index (χ3n) is 4.42. The topological polar surface area (TPSA) is 66.9 Å². The maximum atomic E-state index is 12.7. The maximum Gasteiger partial charge on any atom is 0.573 e. The van der Waals surface area contributed by atoms with Crippen LogP contribution in [0, 0.1) is 5.92 Å². The van der Waals surface area contributed by atoms with Gasteiger partial charge in [-0.05, 0) is 31.4 Å². The average molecular weight is 408 g/mol. The molecular formula is C17H23F3N2O4S. The predicted molar refractivity (Wildman–Crippen MR) is 92.5 cm³/mol. The van der Waals surface area contributed by atoms with E-state index in [1.807, 2.05) is 6.92 Å². The van der Waals surface area contributed by atoms with Crippen LogP contribution in [0.4, 0.5) is 13.2 Å². The van der Waals surface area contributed by atoms with Gasteiger partial charge in [-0.1, -0.05) is 13.0 Å². The van der Waals surface area contributed by atoms with Gasteiger partial charge in [0, 0.05) is 38.7 Å². The molecule has 0 aliphatic carbocycles. The maximum absolute atomic E-state index is 12.7. The van der Waals surface area contributed by atoms with Crippen molar-refractivity contribution in [2.45, 2.75) is 37.4 Å². The normalized spacial score (nSPS) is 16.9. The molecule has 0 aromatic heterocycles. The first-order valence-corrected chi connectivity index (χ1v) is 10.1. The van der Waals surface area contributed by atoms with Gasteiger partial charge in [-0.15, -0.1) is 13.2 Å². The van der Waals surface area contributed by atoms with E-state index in [2.05, 4.69) is 4.74 Å². The summed E-state index contributed by atoms with van der Waals surface area (Å²) in [5, 5.41) is 0. The molecular weight excluding hydrogens is 385 g/mol. The zero-order chi connectivity index (χ0) is 20.2. The van der Waals surface area contributed by atoms with Crippen LogP contribution in [0.3, 0.4) is 0 Å². The van der Waals surface area contributed by atoms with Crippen LogP contribution in [-0.2, 0) is 14.8 Å². The van der Waals surface area contributed by atoms with Crippen molar-refractivity contribution in [3.63, 3.8) is 0 Å². The number of hydrogen-bond acceptors (Lipinski definition) is 4. The molecule has 0 radical (unpaired) electrons. The predicted octanol–water partition coefficient (Wildman–Crippen LogP) is 2.85. The Hall–Kier alpha value is -1.81. The number of carbonyl (C=O) groups is 1. The Morgan fingerprint density at radius 2 is 1.93 bits per heavy atom. The molecule has 1 saturated heterocycles. The van der Waals surface area contributed by atoms with E-state index >= 15 is 0 Å². The number of nitrogens with zero attached hydrogens (tertiary/aromatic N) is 2. The molecule has 0 N–H and O–H groups in total. The molecule has 1 fully saturated rings. The second-order valence-electron chi connectivity index (χ2n) is 6.46. The number of halogens is 3. The van der Waals surface area contributed by atoms with Crippen molar-refractivity contribution in [3.05, 3.63) is 24.3 Å². The quantitative estimate of drug-likeness (QED) is 0.726. The fourth-order valence-corrected chi connectivity index (χ4v) is 4.59. The number of alkyl halides is 3. The van der Waals surface area contributed by atoms with Crippen LogP contribution >= 0.6 is 0 Å². The second-order valence-corrected chi connectivity index (χ2v) is 8.40. The van der Waals surface area contributed by atoms with Crippen molar-refractivity contribution in [1.82, 2.24) is 9.21 Å². The van der Waals surface area contributed by atoms with Gasteiger partial charge in [-0.2, -0.15) is 4.31 Å². The van der Waals surface area contributed by atoms with E-state index in [-0.39, 0.29) is 29.8 Å². The van der Waals surface area contributed by atoms with Gasteiger partial charge >= 0.3 is 6.36 Å². The molecule has 0 atom stereocenters. The highest BCUT2D eigenvalue weighted by atomic mass is 32.2. The summed E-state index contributed by atoms with van der Waals surface area (Å²) in [5.41, 5.74) is 0. The third kappa shape index (κ3) is 5.58. The lowest BCUT2D eigenvalue weighted by Crippen LogP contribution is -2.43. The van der Waals surface area contributed by atoms with Gasteiger partial charge in [0.25, 0.3) is 0 Å². The number of piperidine rings is 1.